The molecular formula is C23H22Br3N3O2. The van der Waals surface area contributed by atoms with Crippen LogP contribution in [0, 0.1) is 13.8 Å². The summed E-state index contributed by atoms with van der Waals surface area (Å²) < 4.78 is 17.8. The van der Waals surface area contributed by atoms with Gasteiger partial charge in [-0.2, -0.15) is 9.13 Å². The number of imidazole rings is 1. The molecule has 1 aromatic heterocycles. The molecule has 4 rings (SSSR count). The Morgan fingerprint density at radius 2 is 1.45 bits per heavy atom. The summed E-state index contributed by atoms with van der Waals surface area (Å²) in [4.78, 5) is 0. The number of ether oxygens (including phenoxy) is 2. The number of hydrogen-bond donors (Lipinski definition) is 1. The number of hydrogen-bond acceptors (Lipinski definition) is 3. The Kier molecular flexibility index (Phi) is 7.67. The number of benzene rings is 3. The number of nitrogens with two attached hydrogens (primary N) is 1. The summed E-state index contributed by atoms with van der Waals surface area (Å²) >= 11 is 7.12. The van der Waals surface area contributed by atoms with Crippen LogP contribution in [0.5, 0.6) is 11.5 Å². The topological polar surface area (TPSA) is 53.3 Å². The molecule has 0 saturated heterocycles. The van der Waals surface area contributed by atoms with E-state index >= 15 is 0 Å². The number of aromatic nitrogens is 2. The highest BCUT2D eigenvalue weighted by molar-refractivity contribution is 9.10. The van der Waals surface area contributed by atoms with Crippen molar-refractivity contribution in [2.24, 2.45) is 0 Å². The molecule has 8 heteroatoms. The lowest BCUT2D eigenvalue weighted by Crippen LogP contribution is -3.00. The van der Waals surface area contributed by atoms with Crippen LogP contribution in [0.25, 0.3) is 11.0 Å². The normalized spacial score (nSPS) is 10.7. The van der Waals surface area contributed by atoms with Gasteiger partial charge in [-0.25, -0.2) is 0 Å². The van der Waals surface area contributed by atoms with Crippen LogP contribution in [-0.4, -0.2) is 4.57 Å². The summed E-state index contributed by atoms with van der Waals surface area (Å²) in [6.07, 6.45) is 0. The first-order chi connectivity index (χ1) is 14.4. The fraction of sp³-hybridized carbons (Fsp3) is 0.174. The molecule has 0 unspecified atom stereocenters. The fourth-order valence-electron chi connectivity index (χ4n) is 3.30. The lowest BCUT2D eigenvalue weighted by atomic mass is 10.2. The van der Waals surface area contributed by atoms with Crippen LogP contribution in [0.4, 0.5) is 5.95 Å². The van der Waals surface area contributed by atoms with Gasteiger partial charge in [-0.15, -0.1) is 0 Å². The monoisotopic (exact) mass is 609 g/mol. The molecular weight excluding hydrogens is 590 g/mol. The Morgan fingerprint density at radius 3 is 2.06 bits per heavy atom. The maximum atomic E-state index is 6.51. The minimum atomic E-state index is 0. The second kappa shape index (κ2) is 10.1. The van der Waals surface area contributed by atoms with Crippen molar-refractivity contribution >= 4 is 48.8 Å². The van der Waals surface area contributed by atoms with Gasteiger partial charge in [0.2, 0.25) is 13.5 Å². The number of aryl methyl sites for hydroxylation is 2. The van der Waals surface area contributed by atoms with Gasteiger partial charge in [0.1, 0.15) is 22.5 Å². The molecule has 3 aromatic carbocycles. The summed E-state index contributed by atoms with van der Waals surface area (Å²) in [6.45, 7) is 4.66. The van der Waals surface area contributed by atoms with Gasteiger partial charge >= 0.3 is 5.95 Å². The van der Waals surface area contributed by atoms with Crippen molar-refractivity contribution in [3.05, 3.63) is 80.7 Å². The maximum Gasteiger partial charge on any atom is 0.361 e. The molecule has 2 N–H and O–H groups in total. The predicted octanol–water partition coefficient (Wildman–Crippen LogP) is 2.73. The third-order valence-corrected chi connectivity index (χ3v) is 6.13. The Bertz CT molecular complexity index is 1130. The molecule has 0 fully saturated rings. The minimum Gasteiger partial charge on any atom is -1.00 e. The van der Waals surface area contributed by atoms with Gasteiger partial charge in [-0.3, -0.25) is 5.73 Å². The second-order valence-electron chi connectivity index (χ2n) is 7.12. The molecule has 0 radical (unpaired) electrons. The van der Waals surface area contributed by atoms with Crippen molar-refractivity contribution in [3.63, 3.8) is 0 Å². The van der Waals surface area contributed by atoms with Crippen molar-refractivity contribution in [2.45, 2.75) is 27.3 Å². The second-order valence-corrected chi connectivity index (χ2v) is 8.83. The molecule has 31 heavy (non-hydrogen) atoms. The zero-order chi connectivity index (χ0) is 21.3. The number of fused-ring (bicyclic) bond motifs is 1. The molecule has 0 atom stereocenters. The lowest BCUT2D eigenvalue weighted by molar-refractivity contribution is -0.687. The number of nitrogens with zero attached hydrogens (tertiary/aromatic N) is 2. The Labute approximate surface area is 208 Å². The van der Waals surface area contributed by atoms with Gasteiger partial charge in [-0.1, -0.05) is 24.3 Å². The van der Waals surface area contributed by atoms with E-state index in [1.54, 1.807) is 0 Å². The summed E-state index contributed by atoms with van der Waals surface area (Å²) in [5, 5.41) is 0. The first kappa shape index (κ1) is 23.6. The first-order valence-electron chi connectivity index (χ1n) is 9.48. The van der Waals surface area contributed by atoms with Crippen molar-refractivity contribution < 1.29 is 31.0 Å². The molecule has 0 aliphatic carbocycles. The average Bonchev–Trinajstić information content (AvgIpc) is 2.98. The van der Waals surface area contributed by atoms with Crippen LogP contribution >= 0.6 is 31.9 Å². The van der Waals surface area contributed by atoms with E-state index in [-0.39, 0.29) is 30.4 Å². The molecule has 162 valence electrons. The van der Waals surface area contributed by atoms with Gasteiger partial charge in [0.05, 0.1) is 8.95 Å². The van der Waals surface area contributed by atoms with Crippen molar-refractivity contribution in [2.75, 3.05) is 5.73 Å². The van der Waals surface area contributed by atoms with Gasteiger partial charge in [0.15, 0.2) is 0 Å². The number of halogens is 3. The summed E-state index contributed by atoms with van der Waals surface area (Å²) in [5.41, 5.74) is 10.8. The molecule has 0 aliphatic rings. The van der Waals surface area contributed by atoms with Crippen LogP contribution in [-0.2, 0) is 13.5 Å². The van der Waals surface area contributed by atoms with Gasteiger partial charge in [0.25, 0.3) is 0 Å². The zero-order valence-electron chi connectivity index (χ0n) is 17.1. The number of nitrogen functional groups attached to an aromatic ring is 1. The van der Waals surface area contributed by atoms with E-state index in [0.717, 1.165) is 42.6 Å². The summed E-state index contributed by atoms with van der Waals surface area (Å²) in [6, 6.07) is 20.0. The highest BCUT2D eigenvalue weighted by atomic mass is 79.9. The molecule has 5 nitrogen and oxygen atoms in total. The molecule has 4 aromatic rings. The summed E-state index contributed by atoms with van der Waals surface area (Å²) in [7, 11) is 0. The Hall–Kier alpha value is -2.03. The minimum absolute atomic E-state index is 0. The van der Waals surface area contributed by atoms with Crippen LogP contribution in [0.15, 0.2) is 69.6 Å². The van der Waals surface area contributed by atoms with Crippen LogP contribution < -0.4 is 36.8 Å². The van der Waals surface area contributed by atoms with Crippen molar-refractivity contribution in [1.82, 2.24) is 4.57 Å². The largest absolute Gasteiger partial charge is 1.00 e. The highest BCUT2D eigenvalue weighted by Crippen LogP contribution is 2.28. The maximum absolute atomic E-state index is 6.51. The Balaban J connectivity index is 0.00000272. The van der Waals surface area contributed by atoms with E-state index in [2.05, 4.69) is 31.9 Å². The first-order valence-corrected chi connectivity index (χ1v) is 11.1. The SMILES string of the molecule is Cc1ccc(OCn2c(N)[n+](COc3ccc(C)cc3Br)c3ccccc32)c(Br)c1.[Br-]. The third-order valence-electron chi connectivity index (χ3n) is 4.89. The molecule has 0 bridgehead atoms. The number of rotatable bonds is 6. The van der Waals surface area contributed by atoms with Gasteiger partial charge in [-0.05, 0) is 93.2 Å². The molecule has 1 heterocycles. The lowest BCUT2D eigenvalue weighted by Gasteiger charge is -2.09. The zero-order valence-corrected chi connectivity index (χ0v) is 21.9. The fourth-order valence-corrected chi connectivity index (χ4v) is 4.51. The molecule has 0 saturated carbocycles. The average molecular weight is 612 g/mol. The highest BCUT2D eigenvalue weighted by Gasteiger charge is 2.22. The smallest absolute Gasteiger partial charge is 0.361 e. The standard InChI is InChI=1S/C23H21Br2N3O2.BrH/c1-15-7-9-21(17(24)11-15)29-13-27-19-5-3-4-6-20(19)28(23(27)26)14-30-22-10-8-16(2)12-18(22)25;/h3-12,26H,13-14H2,1-2H3;1H. The van der Waals surface area contributed by atoms with E-state index < -0.39 is 0 Å². The molecule has 0 aliphatic heterocycles. The van der Waals surface area contributed by atoms with Crippen LogP contribution in [0.1, 0.15) is 11.1 Å². The van der Waals surface area contributed by atoms with E-state index in [0.29, 0.717) is 5.95 Å². The number of anilines is 1. The van der Waals surface area contributed by atoms with Gasteiger partial charge in [0, 0.05) is 0 Å². The van der Waals surface area contributed by atoms with E-state index in [1.165, 1.54) is 0 Å². The number of para-hydroxylation sites is 2. The van der Waals surface area contributed by atoms with E-state index in [4.69, 9.17) is 15.2 Å². The predicted molar refractivity (Wildman–Crippen MR) is 126 cm³/mol. The van der Waals surface area contributed by atoms with E-state index in [9.17, 15) is 0 Å². The third kappa shape index (κ3) is 5.07. The van der Waals surface area contributed by atoms with E-state index in [1.807, 2.05) is 83.6 Å². The van der Waals surface area contributed by atoms with Crippen LogP contribution in [0.3, 0.4) is 0 Å². The summed E-state index contributed by atoms with van der Waals surface area (Å²) in [5.74, 6) is 2.09. The van der Waals surface area contributed by atoms with Crippen LogP contribution in [0.2, 0.25) is 0 Å². The Morgan fingerprint density at radius 1 is 0.871 bits per heavy atom. The molecule has 0 spiro atoms. The quantitative estimate of drug-likeness (QED) is 0.341. The van der Waals surface area contributed by atoms with Gasteiger partial charge < -0.3 is 26.5 Å². The molecule has 0 amide bonds. The van der Waals surface area contributed by atoms with Crippen molar-refractivity contribution in [3.8, 4) is 11.5 Å². The van der Waals surface area contributed by atoms with Crippen molar-refractivity contribution in [1.29, 1.82) is 0 Å².